The summed E-state index contributed by atoms with van der Waals surface area (Å²) in [4.78, 5) is 0. The van der Waals surface area contributed by atoms with E-state index >= 15 is 0 Å². The summed E-state index contributed by atoms with van der Waals surface area (Å²) in [5.74, 6) is 1.03. The molecule has 0 amide bonds. The van der Waals surface area contributed by atoms with Crippen LogP contribution in [0.1, 0.15) is 57.8 Å². The summed E-state index contributed by atoms with van der Waals surface area (Å²) >= 11 is 0. The molecule has 0 spiro atoms. The van der Waals surface area contributed by atoms with Crippen molar-refractivity contribution in [3.05, 3.63) is 0 Å². The Kier molecular flexibility index (Phi) is 5.64. The highest BCUT2D eigenvalue weighted by molar-refractivity contribution is 4.75. The fourth-order valence-electron chi connectivity index (χ4n) is 3.19. The summed E-state index contributed by atoms with van der Waals surface area (Å²) in [6.45, 7) is 3.70. The van der Waals surface area contributed by atoms with Gasteiger partial charge in [0.15, 0.2) is 0 Å². The van der Waals surface area contributed by atoms with E-state index in [-0.39, 0.29) is 0 Å². The quantitative estimate of drug-likeness (QED) is 0.678. The van der Waals surface area contributed by atoms with Gasteiger partial charge in [-0.15, -0.1) is 0 Å². The van der Waals surface area contributed by atoms with E-state index in [1.165, 1.54) is 77.4 Å². The van der Waals surface area contributed by atoms with E-state index < -0.39 is 0 Å². The molecule has 1 unspecified atom stereocenters. The normalized spacial score (nSPS) is 27.4. The lowest BCUT2D eigenvalue weighted by molar-refractivity contribution is 0.333. The zero-order valence-corrected chi connectivity index (χ0v) is 10.6. The Morgan fingerprint density at radius 1 is 0.875 bits per heavy atom. The summed E-state index contributed by atoms with van der Waals surface area (Å²) in [7, 11) is 0. The molecule has 0 radical (unpaired) electrons. The lowest BCUT2D eigenvalue weighted by Gasteiger charge is -2.21. The minimum atomic E-state index is 0.808. The van der Waals surface area contributed by atoms with Crippen molar-refractivity contribution in [3.63, 3.8) is 0 Å². The molecule has 0 bridgehead atoms. The summed E-state index contributed by atoms with van der Waals surface area (Å²) in [6, 6.07) is 0.808. The van der Waals surface area contributed by atoms with Gasteiger partial charge in [0.2, 0.25) is 0 Å². The van der Waals surface area contributed by atoms with Crippen LogP contribution >= 0.6 is 0 Å². The molecule has 0 aromatic rings. The van der Waals surface area contributed by atoms with Gasteiger partial charge in [-0.3, -0.25) is 0 Å². The van der Waals surface area contributed by atoms with Gasteiger partial charge in [-0.2, -0.15) is 0 Å². The number of rotatable bonds is 6. The first-order valence-electron chi connectivity index (χ1n) is 7.39. The maximum absolute atomic E-state index is 3.62. The van der Waals surface area contributed by atoms with Crippen LogP contribution in [0.3, 0.4) is 0 Å². The Morgan fingerprint density at radius 3 is 2.44 bits per heavy atom. The molecule has 0 aromatic heterocycles. The number of hydrogen-bond acceptors (Lipinski definition) is 2. The van der Waals surface area contributed by atoms with E-state index in [9.17, 15) is 0 Å². The molecule has 2 fully saturated rings. The molecular formula is C14H28N2. The van der Waals surface area contributed by atoms with Crippen LogP contribution in [0.15, 0.2) is 0 Å². The first kappa shape index (κ1) is 12.4. The first-order valence-corrected chi connectivity index (χ1v) is 7.39. The molecule has 1 saturated heterocycles. The van der Waals surface area contributed by atoms with E-state index in [2.05, 4.69) is 10.6 Å². The van der Waals surface area contributed by atoms with E-state index in [4.69, 9.17) is 0 Å². The second-order valence-electron chi connectivity index (χ2n) is 5.62. The van der Waals surface area contributed by atoms with Crippen LogP contribution in [-0.4, -0.2) is 25.7 Å². The minimum Gasteiger partial charge on any atom is -0.317 e. The highest BCUT2D eigenvalue weighted by Gasteiger charge is 2.14. The fourth-order valence-corrected chi connectivity index (χ4v) is 3.19. The van der Waals surface area contributed by atoms with Crippen LogP contribution in [-0.2, 0) is 0 Å². The Labute approximate surface area is 101 Å². The average Bonchev–Trinajstić information content (AvgIpc) is 2.83. The second kappa shape index (κ2) is 7.29. The van der Waals surface area contributed by atoms with Crippen molar-refractivity contribution in [3.8, 4) is 0 Å². The lowest BCUT2D eigenvalue weighted by Crippen LogP contribution is -2.28. The Balaban J connectivity index is 1.42. The molecule has 1 atom stereocenters. The van der Waals surface area contributed by atoms with Crippen LogP contribution in [0, 0.1) is 5.92 Å². The van der Waals surface area contributed by atoms with E-state index in [1.54, 1.807) is 0 Å². The third-order valence-corrected chi connectivity index (χ3v) is 4.29. The predicted molar refractivity (Wildman–Crippen MR) is 69.7 cm³/mol. The van der Waals surface area contributed by atoms with Crippen molar-refractivity contribution in [2.75, 3.05) is 19.6 Å². The van der Waals surface area contributed by atoms with Crippen LogP contribution in [0.2, 0.25) is 0 Å². The molecule has 1 saturated carbocycles. The fraction of sp³-hybridized carbons (Fsp3) is 1.00. The molecular weight excluding hydrogens is 196 g/mol. The molecule has 2 heteroatoms. The highest BCUT2D eigenvalue weighted by atomic mass is 14.9. The minimum absolute atomic E-state index is 0.808. The van der Waals surface area contributed by atoms with Crippen molar-refractivity contribution < 1.29 is 0 Å². The molecule has 2 rings (SSSR count). The van der Waals surface area contributed by atoms with E-state index in [0.717, 1.165) is 12.0 Å². The molecule has 1 aliphatic carbocycles. The standard InChI is InChI=1S/C14H28N2/c1-2-5-13(6-3-1)8-11-15-12-9-14-7-4-10-16-14/h13-16H,1-12H2. The van der Waals surface area contributed by atoms with Gasteiger partial charge in [0.05, 0.1) is 0 Å². The largest absolute Gasteiger partial charge is 0.317 e. The van der Waals surface area contributed by atoms with Crippen LogP contribution in [0.5, 0.6) is 0 Å². The third kappa shape index (κ3) is 4.42. The predicted octanol–water partition coefficient (Wildman–Crippen LogP) is 2.69. The summed E-state index contributed by atoms with van der Waals surface area (Å²) in [5, 5.41) is 7.18. The molecule has 0 aromatic carbocycles. The van der Waals surface area contributed by atoms with Gasteiger partial charge >= 0.3 is 0 Å². The van der Waals surface area contributed by atoms with Crippen molar-refractivity contribution in [1.29, 1.82) is 0 Å². The lowest BCUT2D eigenvalue weighted by atomic mass is 9.87. The molecule has 1 heterocycles. The van der Waals surface area contributed by atoms with Crippen LogP contribution < -0.4 is 10.6 Å². The third-order valence-electron chi connectivity index (χ3n) is 4.29. The monoisotopic (exact) mass is 224 g/mol. The summed E-state index contributed by atoms with van der Waals surface area (Å²) in [6.07, 6.45) is 12.9. The highest BCUT2D eigenvalue weighted by Crippen LogP contribution is 2.25. The van der Waals surface area contributed by atoms with Gasteiger partial charge < -0.3 is 10.6 Å². The van der Waals surface area contributed by atoms with Gasteiger partial charge in [-0.25, -0.2) is 0 Å². The molecule has 16 heavy (non-hydrogen) atoms. The summed E-state index contributed by atoms with van der Waals surface area (Å²) in [5.41, 5.74) is 0. The van der Waals surface area contributed by atoms with Crippen molar-refractivity contribution in [2.24, 2.45) is 5.92 Å². The van der Waals surface area contributed by atoms with E-state index in [1.807, 2.05) is 0 Å². The Hall–Kier alpha value is -0.0800. The molecule has 2 nitrogen and oxygen atoms in total. The van der Waals surface area contributed by atoms with Crippen LogP contribution in [0.25, 0.3) is 0 Å². The van der Waals surface area contributed by atoms with Gasteiger partial charge in [0, 0.05) is 6.04 Å². The van der Waals surface area contributed by atoms with Crippen molar-refractivity contribution >= 4 is 0 Å². The SMILES string of the molecule is C1CCC(CCNCCC2CCCN2)CC1. The zero-order valence-electron chi connectivity index (χ0n) is 10.6. The van der Waals surface area contributed by atoms with Crippen LogP contribution in [0.4, 0.5) is 0 Å². The van der Waals surface area contributed by atoms with Crippen molar-refractivity contribution in [2.45, 2.75) is 63.8 Å². The van der Waals surface area contributed by atoms with Gasteiger partial charge in [0.25, 0.3) is 0 Å². The number of hydrogen-bond donors (Lipinski definition) is 2. The van der Waals surface area contributed by atoms with Gasteiger partial charge in [-0.05, 0) is 51.2 Å². The number of nitrogens with one attached hydrogen (secondary N) is 2. The molecule has 2 N–H and O–H groups in total. The maximum atomic E-state index is 3.62. The smallest absolute Gasteiger partial charge is 0.00796 e. The summed E-state index contributed by atoms with van der Waals surface area (Å²) < 4.78 is 0. The topological polar surface area (TPSA) is 24.1 Å². The van der Waals surface area contributed by atoms with Crippen molar-refractivity contribution in [1.82, 2.24) is 10.6 Å². The van der Waals surface area contributed by atoms with E-state index in [0.29, 0.717) is 0 Å². The Bertz CT molecular complexity index is 170. The molecule has 94 valence electrons. The Morgan fingerprint density at radius 2 is 1.69 bits per heavy atom. The van der Waals surface area contributed by atoms with Gasteiger partial charge in [-0.1, -0.05) is 32.1 Å². The maximum Gasteiger partial charge on any atom is 0.00796 e. The zero-order chi connectivity index (χ0) is 11.1. The molecule has 2 aliphatic rings. The first-order chi connectivity index (χ1) is 7.95. The average molecular weight is 224 g/mol. The molecule has 1 aliphatic heterocycles. The second-order valence-corrected chi connectivity index (χ2v) is 5.62. The van der Waals surface area contributed by atoms with Gasteiger partial charge in [0.1, 0.15) is 0 Å².